The molecule has 3 aromatic carbocycles. The maximum absolute atomic E-state index is 14.1. The smallest absolute Gasteiger partial charge is 0.408 e. The van der Waals surface area contributed by atoms with Gasteiger partial charge in [-0.05, 0) is 80.5 Å². The van der Waals surface area contributed by atoms with Crippen LogP contribution in [0.25, 0.3) is 10.8 Å². The monoisotopic (exact) mass is 545 g/mol. The third-order valence-corrected chi connectivity index (χ3v) is 6.60. The first kappa shape index (κ1) is 30.7. The van der Waals surface area contributed by atoms with Gasteiger partial charge in [0.05, 0.1) is 0 Å². The van der Waals surface area contributed by atoms with Crippen LogP contribution in [-0.2, 0) is 20.7 Å². The predicted molar refractivity (Wildman–Crippen MR) is 161 cm³/mol. The summed E-state index contributed by atoms with van der Waals surface area (Å²) in [6.45, 7) is 13.5. The van der Waals surface area contributed by atoms with Gasteiger partial charge in [-0.2, -0.15) is 0 Å². The summed E-state index contributed by atoms with van der Waals surface area (Å²) in [5.74, 6) is -0.535. The van der Waals surface area contributed by atoms with E-state index < -0.39 is 23.8 Å². The highest BCUT2D eigenvalue weighted by Gasteiger charge is 2.36. The minimum atomic E-state index is -0.898. The number of alkyl carbamates (subject to hydrolysis) is 1. The highest BCUT2D eigenvalue weighted by Crippen LogP contribution is 2.27. The Labute approximate surface area is 238 Å². The van der Waals surface area contributed by atoms with Crippen LogP contribution in [0.15, 0.2) is 66.7 Å². The highest BCUT2D eigenvalue weighted by molar-refractivity contribution is 6.00. The number of carbonyl (C=O) groups excluding carboxylic acids is 3. The molecule has 2 atom stereocenters. The number of anilines is 1. The fourth-order valence-corrected chi connectivity index (χ4v) is 4.69. The van der Waals surface area contributed by atoms with Crippen LogP contribution in [0, 0.1) is 5.92 Å². The molecule has 3 rings (SSSR count). The number of amides is 3. The molecule has 0 saturated heterocycles. The average Bonchev–Trinajstić information content (AvgIpc) is 2.89. The molecule has 7 nitrogen and oxygen atoms in total. The number of benzene rings is 3. The zero-order valence-electron chi connectivity index (χ0n) is 24.8. The molecule has 40 heavy (non-hydrogen) atoms. The van der Waals surface area contributed by atoms with Crippen molar-refractivity contribution in [1.82, 2.24) is 10.2 Å². The van der Waals surface area contributed by atoms with Gasteiger partial charge < -0.3 is 20.3 Å². The number of carbonyl (C=O) groups is 3. The first-order valence-corrected chi connectivity index (χ1v) is 14.1. The van der Waals surface area contributed by atoms with Crippen LogP contribution >= 0.6 is 0 Å². The van der Waals surface area contributed by atoms with E-state index in [0.717, 1.165) is 22.8 Å². The zero-order valence-corrected chi connectivity index (χ0v) is 24.8. The van der Waals surface area contributed by atoms with Crippen molar-refractivity contribution in [3.63, 3.8) is 0 Å². The molecular weight excluding hydrogens is 502 g/mol. The fraction of sp³-hybridized carbons (Fsp3) is 0.424. The quantitative estimate of drug-likeness (QED) is 0.291. The normalized spacial score (nSPS) is 13.0. The van der Waals surface area contributed by atoms with E-state index >= 15 is 0 Å². The maximum atomic E-state index is 14.1. The van der Waals surface area contributed by atoms with Crippen molar-refractivity contribution < 1.29 is 19.1 Å². The summed E-state index contributed by atoms with van der Waals surface area (Å²) < 4.78 is 5.45. The van der Waals surface area contributed by atoms with Crippen molar-refractivity contribution in [2.24, 2.45) is 5.92 Å². The molecular formula is C33H43N3O4. The van der Waals surface area contributed by atoms with Gasteiger partial charge in [-0.1, -0.05) is 75.4 Å². The van der Waals surface area contributed by atoms with Crippen LogP contribution in [0.2, 0.25) is 0 Å². The lowest BCUT2D eigenvalue weighted by molar-refractivity contribution is -0.140. The van der Waals surface area contributed by atoms with Crippen molar-refractivity contribution in [3.05, 3.63) is 77.9 Å². The standard InChI is InChI=1S/C33H43N3O4/c1-8-23-14-16-25(17-15-23)29(30(37)34-27-19-18-24-12-10-11-13-26(24)21-27)36(9-2)31(38)28(20-22(3)4)35-32(39)40-33(5,6)7/h10-19,21-22,28-29H,8-9,20H2,1-7H3,(H,34,37)(H,35,39). The van der Waals surface area contributed by atoms with E-state index in [-0.39, 0.29) is 24.3 Å². The molecule has 0 aromatic heterocycles. The Morgan fingerprint density at radius 1 is 0.900 bits per heavy atom. The van der Waals surface area contributed by atoms with Crippen LogP contribution in [0.4, 0.5) is 10.5 Å². The van der Waals surface area contributed by atoms with Gasteiger partial charge >= 0.3 is 6.09 Å². The SMILES string of the molecule is CCc1ccc(C(C(=O)Nc2ccc3ccccc3c2)N(CC)C(=O)C(CC(C)C)NC(=O)OC(C)(C)C)cc1. The summed E-state index contributed by atoms with van der Waals surface area (Å²) >= 11 is 0. The van der Waals surface area contributed by atoms with Crippen LogP contribution in [0.1, 0.15) is 72.1 Å². The Kier molecular flexibility index (Phi) is 10.3. The Hall–Kier alpha value is -3.87. The van der Waals surface area contributed by atoms with E-state index in [1.54, 1.807) is 25.7 Å². The number of hydrogen-bond donors (Lipinski definition) is 2. The minimum absolute atomic E-state index is 0.122. The predicted octanol–water partition coefficient (Wildman–Crippen LogP) is 6.87. The lowest BCUT2D eigenvalue weighted by Crippen LogP contribution is -2.52. The molecule has 7 heteroatoms. The van der Waals surface area contributed by atoms with E-state index in [2.05, 4.69) is 17.6 Å². The lowest BCUT2D eigenvalue weighted by atomic mass is 9.98. The number of likely N-dealkylation sites (N-methyl/N-ethyl adjacent to an activating group) is 1. The van der Waals surface area contributed by atoms with Crippen LogP contribution in [0.3, 0.4) is 0 Å². The largest absolute Gasteiger partial charge is 0.444 e. The lowest BCUT2D eigenvalue weighted by Gasteiger charge is -2.34. The molecule has 0 saturated carbocycles. The molecule has 214 valence electrons. The van der Waals surface area contributed by atoms with Gasteiger partial charge in [0.15, 0.2) is 0 Å². The third-order valence-electron chi connectivity index (χ3n) is 6.60. The van der Waals surface area contributed by atoms with E-state index in [4.69, 9.17) is 4.74 Å². The zero-order chi connectivity index (χ0) is 29.4. The Bertz CT molecular complexity index is 1310. The number of rotatable bonds is 10. The van der Waals surface area contributed by atoms with Gasteiger partial charge in [0.2, 0.25) is 5.91 Å². The van der Waals surface area contributed by atoms with Gasteiger partial charge in [0, 0.05) is 12.2 Å². The van der Waals surface area contributed by atoms with Crippen molar-refractivity contribution >= 4 is 34.4 Å². The van der Waals surface area contributed by atoms with Gasteiger partial charge in [0.25, 0.3) is 5.91 Å². The number of nitrogens with one attached hydrogen (secondary N) is 2. The second kappa shape index (κ2) is 13.5. The van der Waals surface area contributed by atoms with Gasteiger partial charge in [-0.15, -0.1) is 0 Å². The van der Waals surface area contributed by atoms with Gasteiger partial charge in [-0.3, -0.25) is 9.59 Å². The molecule has 2 unspecified atom stereocenters. The molecule has 2 N–H and O–H groups in total. The van der Waals surface area contributed by atoms with Crippen molar-refractivity contribution in [2.75, 3.05) is 11.9 Å². The van der Waals surface area contributed by atoms with Gasteiger partial charge in [0.1, 0.15) is 17.7 Å². The first-order chi connectivity index (χ1) is 18.9. The van der Waals surface area contributed by atoms with Crippen molar-refractivity contribution in [3.8, 4) is 0 Å². The van der Waals surface area contributed by atoms with E-state index in [9.17, 15) is 14.4 Å². The summed E-state index contributed by atoms with van der Waals surface area (Å²) in [6, 6.07) is 19.7. The fourth-order valence-electron chi connectivity index (χ4n) is 4.69. The second-order valence-corrected chi connectivity index (χ2v) is 11.5. The second-order valence-electron chi connectivity index (χ2n) is 11.5. The van der Waals surface area contributed by atoms with Crippen LogP contribution in [0.5, 0.6) is 0 Å². The first-order valence-electron chi connectivity index (χ1n) is 14.1. The number of hydrogen-bond acceptors (Lipinski definition) is 4. The molecule has 0 heterocycles. The highest BCUT2D eigenvalue weighted by atomic mass is 16.6. The summed E-state index contributed by atoms with van der Waals surface area (Å²) in [7, 11) is 0. The van der Waals surface area contributed by atoms with E-state index in [0.29, 0.717) is 17.7 Å². The van der Waals surface area contributed by atoms with Crippen molar-refractivity contribution in [1.29, 1.82) is 0 Å². The molecule has 3 aromatic rings. The summed E-state index contributed by atoms with van der Waals surface area (Å²) in [4.78, 5) is 42.2. The van der Waals surface area contributed by atoms with E-state index in [1.165, 1.54) is 0 Å². The molecule has 0 aliphatic heterocycles. The van der Waals surface area contributed by atoms with Crippen molar-refractivity contribution in [2.45, 2.75) is 79.0 Å². The molecule has 0 radical (unpaired) electrons. The average molecular weight is 546 g/mol. The summed E-state index contributed by atoms with van der Waals surface area (Å²) in [5, 5.41) is 7.88. The summed E-state index contributed by atoms with van der Waals surface area (Å²) in [6.07, 6.45) is 0.607. The third kappa shape index (κ3) is 8.31. The minimum Gasteiger partial charge on any atom is -0.444 e. The molecule has 0 aliphatic carbocycles. The number of nitrogens with zero attached hydrogens (tertiary/aromatic N) is 1. The van der Waals surface area contributed by atoms with Gasteiger partial charge in [-0.25, -0.2) is 4.79 Å². The number of aryl methyl sites for hydroxylation is 1. The molecule has 0 bridgehead atoms. The molecule has 3 amide bonds. The Balaban J connectivity index is 1.97. The van der Waals surface area contributed by atoms with Crippen LogP contribution in [-0.4, -0.2) is 41.0 Å². The molecule has 0 aliphatic rings. The molecule has 0 fully saturated rings. The Morgan fingerprint density at radius 3 is 2.12 bits per heavy atom. The summed E-state index contributed by atoms with van der Waals surface area (Å²) in [5.41, 5.74) is 1.78. The maximum Gasteiger partial charge on any atom is 0.408 e. The topological polar surface area (TPSA) is 87.7 Å². The Morgan fingerprint density at radius 2 is 1.55 bits per heavy atom. The van der Waals surface area contributed by atoms with E-state index in [1.807, 2.05) is 87.5 Å². The number of fused-ring (bicyclic) bond motifs is 1. The van der Waals surface area contributed by atoms with Crippen LogP contribution < -0.4 is 10.6 Å². The molecule has 0 spiro atoms. The number of ether oxygens (including phenoxy) is 1.